The molecule has 2 heterocycles. The second-order valence-corrected chi connectivity index (χ2v) is 7.13. The van der Waals surface area contributed by atoms with Crippen LogP contribution in [0.1, 0.15) is 20.7 Å². The van der Waals surface area contributed by atoms with E-state index >= 15 is 0 Å². The van der Waals surface area contributed by atoms with Gasteiger partial charge in [-0.05, 0) is 24.3 Å². The van der Waals surface area contributed by atoms with E-state index in [2.05, 4.69) is 10.3 Å². The Morgan fingerprint density at radius 1 is 1.04 bits per heavy atom. The fraction of sp³-hybridized carbons (Fsp3) is 0.0526. The molecule has 0 fully saturated rings. The van der Waals surface area contributed by atoms with Crippen LogP contribution in [0.5, 0.6) is 0 Å². The number of fused-ring (bicyclic) bond motifs is 1. The van der Waals surface area contributed by atoms with E-state index in [9.17, 15) is 14.4 Å². The van der Waals surface area contributed by atoms with Gasteiger partial charge in [-0.2, -0.15) is 0 Å². The molecule has 1 aliphatic heterocycles. The van der Waals surface area contributed by atoms with Crippen molar-refractivity contribution in [2.45, 2.75) is 0 Å². The highest BCUT2D eigenvalue weighted by atomic mass is 35.5. The van der Waals surface area contributed by atoms with E-state index in [1.807, 2.05) is 12.1 Å². The van der Waals surface area contributed by atoms with Crippen LogP contribution in [0.15, 0.2) is 53.9 Å². The van der Waals surface area contributed by atoms with Gasteiger partial charge < -0.3 is 5.32 Å². The number of amides is 3. The van der Waals surface area contributed by atoms with E-state index in [1.54, 1.807) is 41.8 Å². The van der Waals surface area contributed by atoms with Crippen molar-refractivity contribution in [2.24, 2.45) is 0 Å². The van der Waals surface area contributed by atoms with Crippen molar-refractivity contribution >= 4 is 45.8 Å². The normalized spacial score (nSPS) is 13.0. The molecule has 0 saturated carbocycles. The minimum absolute atomic E-state index is 0.314. The van der Waals surface area contributed by atoms with E-state index in [4.69, 9.17) is 11.6 Å². The largest absolute Gasteiger partial charge is 0.300 e. The smallest absolute Gasteiger partial charge is 0.262 e. The molecule has 0 saturated heterocycles. The fourth-order valence-electron chi connectivity index (χ4n) is 2.77. The molecule has 4 rings (SSSR count). The molecule has 27 heavy (non-hydrogen) atoms. The number of imide groups is 1. The van der Waals surface area contributed by atoms with Crippen molar-refractivity contribution in [2.75, 3.05) is 11.9 Å². The molecule has 2 aromatic carbocycles. The molecule has 1 N–H and O–H groups in total. The zero-order valence-electron chi connectivity index (χ0n) is 13.8. The van der Waals surface area contributed by atoms with E-state index in [1.165, 1.54) is 11.3 Å². The monoisotopic (exact) mass is 397 g/mol. The van der Waals surface area contributed by atoms with E-state index < -0.39 is 17.7 Å². The maximum absolute atomic E-state index is 12.3. The quantitative estimate of drug-likeness (QED) is 0.681. The minimum atomic E-state index is -0.485. The van der Waals surface area contributed by atoms with Gasteiger partial charge in [0, 0.05) is 16.0 Å². The Hall–Kier alpha value is -3.03. The number of thiazole rings is 1. The Morgan fingerprint density at radius 2 is 1.67 bits per heavy atom. The van der Waals surface area contributed by atoms with Gasteiger partial charge in [-0.3, -0.25) is 19.3 Å². The molecule has 134 valence electrons. The summed E-state index contributed by atoms with van der Waals surface area (Å²) in [5.74, 6) is -1.42. The third-order valence-corrected chi connectivity index (χ3v) is 5.08. The average molecular weight is 398 g/mol. The number of hydrogen-bond acceptors (Lipinski definition) is 5. The number of anilines is 1. The number of hydrogen-bond donors (Lipinski definition) is 1. The van der Waals surface area contributed by atoms with Crippen LogP contribution in [0.2, 0.25) is 5.02 Å². The molecule has 0 radical (unpaired) electrons. The molecule has 3 amide bonds. The van der Waals surface area contributed by atoms with Gasteiger partial charge in [-0.25, -0.2) is 4.98 Å². The van der Waals surface area contributed by atoms with Gasteiger partial charge in [-0.15, -0.1) is 11.3 Å². The highest BCUT2D eigenvalue weighted by molar-refractivity contribution is 7.14. The standard InChI is InChI=1S/C19H12ClN3O3S/c20-12-7-5-11(6-8-12)15-10-27-19(21-15)22-16(24)9-23-17(25)13-3-1-2-4-14(13)18(23)26/h1-8,10H,9H2,(H,21,22,24). The molecule has 1 aromatic heterocycles. The number of halogens is 1. The summed E-state index contributed by atoms with van der Waals surface area (Å²) < 4.78 is 0. The number of nitrogens with one attached hydrogen (secondary N) is 1. The topological polar surface area (TPSA) is 79.4 Å². The van der Waals surface area contributed by atoms with Crippen LogP contribution in [-0.4, -0.2) is 34.2 Å². The molecule has 0 bridgehead atoms. The lowest BCUT2D eigenvalue weighted by Gasteiger charge is -2.12. The zero-order valence-corrected chi connectivity index (χ0v) is 15.4. The summed E-state index contributed by atoms with van der Waals surface area (Å²) in [6.45, 7) is -0.359. The Balaban J connectivity index is 1.44. The van der Waals surface area contributed by atoms with Gasteiger partial charge in [0.1, 0.15) is 6.54 Å². The Morgan fingerprint density at radius 3 is 2.30 bits per heavy atom. The van der Waals surface area contributed by atoms with Gasteiger partial charge >= 0.3 is 0 Å². The van der Waals surface area contributed by atoms with Crippen molar-refractivity contribution in [3.05, 3.63) is 70.1 Å². The van der Waals surface area contributed by atoms with Gasteiger partial charge in [0.15, 0.2) is 5.13 Å². The maximum Gasteiger partial charge on any atom is 0.262 e. The van der Waals surface area contributed by atoms with Crippen molar-refractivity contribution in [3.63, 3.8) is 0 Å². The highest BCUT2D eigenvalue weighted by Gasteiger charge is 2.36. The predicted octanol–water partition coefficient (Wildman–Crippen LogP) is 3.70. The van der Waals surface area contributed by atoms with Crippen LogP contribution in [-0.2, 0) is 4.79 Å². The lowest BCUT2D eigenvalue weighted by molar-refractivity contribution is -0.116. The minimum Gasteiger partial charge on any atom is -0.300 e. The number of benzene rings is 2. The summed E-state index contributed by atoms with van der Waals surface area (Å²) in [5.41, 5.74) is 2.20. The van der Waals surface area contributed by atoms with Crippen LogP contribution >= 0.6 is 22.9 Å². The summed E-state index contributed by atoms with van der Waals surface area (Å²) in [5, 5.41) is 5.46. The van der Waals surface area contributed by atoms with E-state index in [0.29, 0.717) is 27.0 Å². The number of carbonyl (C=O) groups excluding carboxylic acids is 3. The van der Waals surface area contributed by atoms with Gasteiger partial charge in [0.2, 0.25) is 5.91 Å². The zero-order chi connectivity index (χ0) is 19.0. The molecular formula is C19H12ClN3O3S. The molecule has 1 aliphatic rings. The number of aromatic nitrogens is 1. The molecule has 0 spiro atoms. The first kappa shape index (κ1) is 17.4. The summed E-state index contributed by atoms with van der Waals surface area (Å²) in [7, 11) is 0. The third kappa shape index (κ3) is 3.34. The van der Waals surface area contributed by atoms with Crippen LogP contribution in [0.25, 0.3) is 11.3 Å². The second kappa shape index (κ2) is 6.94. The van der Waals surface area contributed by atoms with Gasteiger partial charge in [0.25, 0.3) is 11.8 Å². The van der Waals surface area contributed by atoms with E-state index in [-0.39, 0.29) is 6.54 Å². The number of nitrogens with zero attached hydrogens (tertiary/aromatic N) is 2. The predicted molar refractivity (Wildman–Crippen MR) is 103 cm³/mol. The van der Waals surface area contributed by atoms with Crippen molar-refractivity contribution in [1.29, 1.82) is 0 Å². The van der Waals surface area contributed by atoms with Crippen LogP contribution in [0.3, 0.4) is 0 Å². The van der Waals surface area contributed by atoms with E-state index in [0.717, 1.165) is 10.5 Å². The highest BCUT2D eigenvalue weighted by Crippen LogP contribution is 2.26. The molecule has 3 aromatic rings. The molecule has 0 aliphatic carbocycles. The Kier molecular flexibility index (Phi) is 4.47. The molecule has 6 nitrogen and oxygen atoms in total. The van der Waals surface area contributed by atoms with Crippen molar-refractivity contribution in [3.8, 4) is 11.3 Å². The molecule has 0 unspecified atom stereocenters. The second-order valence-electron chi connectivity index (χ2n) is 5.84. The van der Waals surface area contributed by atoms with Crippen LogP contribution in [0.4, 0.5) is 5.13 Å². The van der Waals surface area contributed by atoms with Crippen molar-refractivity contribution < 1.29 is 14.4 Å². The van der Waals surface area contributed by atoms with Gasteiger partial charge in [-0.1, -0.05) is 35.9 Å². The summed E-state index contributed by atoms with van der Waals surface area (Å²) in [6, 6.07) is 13.7. The van der Waals surface area contributed by atoms with Crippen LogP contribution in [0, 0.1) is 0 Å². The number of carbonyl (C=O) groups is 3. The lowest BCUT2D eigenvalue weighted by atomic mass is 10.1. The Labute approximate surface area is 163 Å². The summed E-state index contributed by atoms with van der Waals surface area (Å²) in [6.07, 6.45) is 0. The summed E-state index contributed by atoms with van der Waals surface area (Å²) in [4.78, 5) is 42.2. The average Bonchev–Trinajstić information content (AvgIpc) is 3.22. The Bertz CT molecular complexity index is 1030. The first-order chi connectivity index (χ1) is 13.0. The molecular weight excluding hydrogens is 386 g/mol. The first-order valence-corrected chi connectivity index (χ1v) is 9.25. The lowest BCUT2D eigenvalue weighted by Crippen LogP contribution is -2.37. The molecule has 8 heteroatoms. The third-order valence-electron chi connectivity index (χ3n) is 4.07. The number of rotatable bonds is 4. The van der Waals surface area contributed by atoms with Gasteiger partial charge in [0.05, 0.1) is 16.8 Å². The molecule has 0 atom stereocenters. The van der Waals surface area contributed by atoms with Crippen molar-refractivity contribution in [1.82, 2.24) is 9.88 Å². The maximum atomic E-state index is 12.3. The fourth-order valence-corrected chi connectivity index (χ4v) is 3.63. The van der Waals surface area contributed by atoms with Crippen LogP contribution < -0.4 is 5.32 Å². The SMILES string of the molecule is O=C(CN1C(=O)c2ccccc2C1=O)Nc1nc(-c2ccc(Cl)cc2)cs1. The summed E-state index contributed by atoms with van der Waals surface area (Å²) >= 11 is 7.14. The first-order valence-electron chi connectivity index (χ1n) is 7.99.